The number of nitrogens with one attached hydrogen (secondary N) is 1. The summed E-state index contributed by atoms with van der Waals surface area (Å²) in [7, 11) is 0. The van der Waals surface area contributed by atoms with Gasteiger partial charge in [0.25, 0.3) is 0 Å². The zero-order chi connectivity index (χ0) is 22.9. The molecule has 3 aromatic rings. The fraction of sp³-hybridized carbons (Fsp3) is 0.320. The third-order valence-corrected chi connectivity index (χ3v) is 5.96. The Morgan fingerprint density at radius 2 is 1.94 bits per heavy atom. The maximum Gasteiger partial charge on any atom is 0.234 e. The SMILES string of the molecule is C=CCn1c(COc2ccc(CC)cc2)nnc1SCC(=O)Nc1ccccc1C(C)C. The normalized spacial score (nSPS) is 10.9. The minimum Gasteiger partial charge on any atom is -0.486 e. The van der Waals surface area contributed by atoms with E-state index in [2.05, 4.69) is 55.0 Å². The third-order valence-electron chi connectivity index (χ3n) is 4.99. The highest BCUT2D eigenvalue weighted by Crippen LogP contribution is 2.25. The Labute approximate surface area is 194 Å². The molecule has 1 aromatic heterocycles. The minimum atomic E-state index is -0.0786. The molecule has 0 spiro atoms. The highest BCUT2D eigenvalue weighted by molar-refractivity contribution is 7.99. The third kappa shape index (κ3) is 6.23. The van der Waals surface area contributed by atoms with Gasteiger partial charge >= 0.3 is 0 Å². The monoisotopic (exact) mass is 450 g/mol. The van der Waals surface area contributed by atoms with Crippen molar-refractivity contribution in [3.63, 3.8) is 0 Å². The number of aryl methyl sites for hydroxylation is 1. The molecule has 0 aliphatic heterocycles. The van der Waals surface area contributed by atoms with Gasteiger partial charge in [-0.3, -0.25) is 9.36 Å². The molecule has 7 heteroatoms. The van der Waals surface area contributed by atoms with Crippen molar-refractivity contribution in [2.45, 2.75) is 51.4 Å². The van der Waals surface area contributed by atoms with Gasteiger partial charge in [-0.2, -0.15) is 0 Å². The van der Waals surface area contributed by atoms with Crippen molar-refractivity contribution in [1.82, 2.24) is 14.8 Å². The Balaban J connectivity index is 1.62. The molecule has 168 valence electrons. The molecule has 0 fully saturated rings. The molecule has 0 aliphatic rings. The molecule has 32 heavy (non-hydrogen) atoms. The van der Waals surface area contributed by atoms with Crippen LogP contribution in [0.2, 0.25) is 0 Å². The van der Waals surface area contributed by atoms with Crippen LogP contribution in [0.3, 0.4) is 0 Å². The van der Waals surface area contributed by atoms with Crippen LogP contribution in [0.25, 0.3) is 0 Å². The number of hydrogen-bond acceptors (Lipinski definition) is 5. The van der Waals surface area contributed by atoms with Gasteiger partial charge in [-0.15, -0.1) is 16.8 Å². The molecule has 2 aromatic carbocycles. The van der Waals surface area contributed by atoms with Crippen LogP contribution in [-0.2, 0) is 24.4 Å². The highest BCUT2D eigenvalue weighted by atomic mass is 32.2. The second kappa shape index (κ2) is 11.5. The number of benzene rings is 2. The van der Waals surface area contributed by atoms with E-state index >= 15 is 0 Å². The van der Waals surface area contributed by atoms with Gasteiger partial charge in [-0.25, -0.2) is 0 Å². The molecular weight excluding hydrogens is 420 g/mol. The maximum atomic E-state index is 12.6. The molecule has 6 nitrogen and oxygen atoms in total. The Bertz CT molecular complexity index is 1040. The number of nitrogens with zero attached hydrogens (tertiary/aromatic N) is 3. The van der Waals surface area contributed by atoms with Crippen LogP contribution in [-0.4, -0.2) is 26.4 Å². The lowest BCUT2D eigenvalue weighted by Gasteiger charge is -2.13. The first-order valence-corrected chi connectivity index (χ1v) is 11.8. The zero-order valence-corrected chi connectivity index (χ0v) is 19.7. The number of hydrogen-bond donors (Lipinski definition) is 1. The Morgan fingerprint density at radius 1 is 1.19 bits per heavy atom. The van der Waals surface area contributed by atoms with Gasteiger partial charge in [0.15, 0.2) is 11.0 Å². The summed E-state index contributed by atoms with van der Waals surface area (Å²) < 4.78 is 7.81. The maximum absolute atomic E-state index is 12.6. The summed E-state index contributed by atoms with van der Waals surface area (Å²) in [6, 6.07) is 15.9. The van der Waals surface area contributed by atoms with Gasteiger partial charge in [0.05, 0.1) is 5.75 Å². The summed E-state index contributed by atoms with van der Waals surface area (Å²) in [6.45, 7) is 11.0. The Hall–Kier alpha value is -3.06. The second-order valence-electron chi connectivity index (χ2n) is 7.66. The molecule has 0 aliphatic carbocycles. The molecule has 0 saturated heterocycles. The van der Waals surface area contributed by atoms with Crippen LogP contribution in [0.15, 0.2) is 66.3 Å². The number of aromatic nitrogens is 3. The summed E-state index contributed by atoms with van der Waals surface area (Å²) in [6.07, 6.45) is 2.77. The van der Waals surface area contributed by atoms with Crippen molar-refractivity contribution in [3.05, 3.63) is 78.1 Å². The van der Waals surface area contributed by atoms with Gasteiger partial charge in [-0.05, 0) is 41.7 Å². The van der Waals surface area contributed by atoms with Gasteiger partial charge in [0.1, 0.15) is 12.4 Å². The van der Waals surface area contributed by atoms with Crippen LogP contribution in [0.4, 0.5) is 5.69 Å². The fourth-order valence-electron chi connectivity index (χ4n) is 3.24. The van der Waals surface area contributed by atoms with E-state index in [1.54, 1.807) is 6.08 Å². The average molecular weight is 451 g/mol. The van der Waals surface area contributed by atoms with E-state index < -0.39 is 0 Å². The lowest BCUT2D eigenvalue weighted by atomic mass is 10.0. The van der Waals surface area contributed by atoms with Crippen molar-refractivity contribution in [2.24, 2.45) is 0 Å². The summed E-state index contributed by atoms with van der Waals surface area (Å²) in [4.78, 5) is 12.6. The summed E-state index contributed by atoms with van der Waals surface area (Å²) in [5, 5.41) is 12.2. The van der Waals surface area contributed by atoms with E-state index in [1.807, 2.05) is 41.0 Å². The van der Waals surface area contributed by atoms with Crippen molar-refractivity contribution < 1.29 is 9.53 Å². The zero-order valence-electron chi connectivity index (χ0n) is 18.9. The van der Waals surface area contributed by atoms with E-state index in [9.17, 15) is 4.79 Å². The number of ether oxygens (including phenoxy) is 1. The van der Waals surface area contributed by atoms with Crippen LogP contribution < -0.4 is 10.1 Å². The molecule has 1 N–H and O–H groups in total. The molecule has 0 saturated carbocycles. The summed E-state index contributed by atoms with van der Waals surface area (Å²) in [5.74, 6) is 1.96. The minimum absolute atomic E-state index is 0.0786. The fourth-order valence-corrected chi connectivity index (χ4v) is 4.01. The second-order valence-corrected chi connectivity index (χ2v) is 8.61. The smallest absolute Gasteiger partial charge is 0.234 e. The number of allylic oxidation sites excluding steroid dienone is 1. The standard InChI is InChI=1S/C25H30N4O2S/c1-5-15-29-23(16-31-20-13-11-19(6-2)12-14-20)27-28-25(29)32-17-24(30)26-22-10-8-7-9-21(22)18(3)4/h5,7-14,18H,1,6,15-17H2,2-4H3,(H,26,30). The Kier molecular flexibility index (Phi) is 8.50. The van der Waals surface area contributed by atoms with Crippen molar-refractivity contribution in [3.8, 4) is 5.75 Å². The van der Waals surface area contributed by atoms with Crippen molar-refractivity contribution in [2.75, 3.05) is 11.1 Å². The summed E-state index contributed by atoms with van der Waals surface area (Å²) in [5.41, 5.74) is 3.23. The van der Waals surface area contributed by atoms with Crippen LogP contribution in [0.1, 0.15) is 43.6 Å². The predicted octanol–water partition coefficient (Wildman–Crippen LogP) is 5.46. The number of rotatable bonds is 11. The molecule has 0 bridgehead atoms. The van der Waals surface area contributed by atoms with Gasteiger partial charge in [0, 0.05) is 12.2 Å². The number of carbonyl (C=O) groups excluding carboxylic acids is 1. The first kappa shape index (κ1) is 23.6. The van der Waals surface area contributed by atoms with Crippen LogP contribution in [0, 0.1) is 0 Å². The highest BCUT2D eigenvalue weighted by Gasteiger charge is 2.15. The number of carbonyl (C=O) groups is 1. The summed E-state index contributed by atoms with van der Waals surface area (Å²) >= 11 is 1.35. The lowest BCUT2D eigenvalue weighted by Crippen LogP contribution is -2.16. The quantitative estimate of drug-likeness (QED) is 0.310. The van der Waals surface area contributed by atoms with E-state index in [0.29, 0.717) is 30.1 Å². The van der Waals surface area contributed by atoms with E-state index in [-0.39, 0.29) is 11.7 Å². The van der Waals surface area contributed by atoms with Crippen molar-refractivity contribution in [1.29, 1.82) is 0 Å². The number of para-hydroxylation sites is 1. The molecule has 0 unspecified atom stereocenters. The number of amides is 1. The van der Waals surface area contributed by atoms with Crippen LogP contribution in [0.5, 0.6) is 5.75 Å². The Morgan fingerprint density at radius 3 is 2.62 bits per heavy atom. The van der Waals surface area contributed by atoms with Crippen LogP contribution >= 0.6 is 11.8 Å². The molecule has 0 radical (unpaired) electrons. The van der Waals surface area contributed by atoms with E-state index in [4.69, 9.17) is 4.74 Å². The van der Waals surface area contributed by atoms with Crippen molar-refractivity contribution >= 4 is 23.4 Å². The predicted molar refractivity (Wildman–Crippen MR) is 130 cm³/mol. The number of thioether (sulfide) groups is 1. The van der Waals surface area contributed by atoms with Gasteiger partial charge in [-0.1, -0.05) is 68.9 Å². The topological polar surface area (TPSA) is 69.0 Å². The lowest BCUT2D eigenvalue weighted by molar-refractivity contribution is -0.113. The number of anilines is 1. The molecule has 0 atom stereocenters. The first-order valence-electron chi connectivity index (χ1n) is 10.8. The average Bonchev–Trinajstić information content (AvgIpc) is 3.18. The van der Waals surface area contributed by atoms with Gasteiger partial charge in [0.2, 0.25) is 5.91 Å². The molecule has 1 amide bonds. The van der Waals surface area contributed by atoms with E-state index in [1.165, 1.54) is 17.3 Å². The first-order chi connectivity index (χ1) is 15.5. The van der Waals surface area contributed by atoms with E-state index in [0.717, 1.165) is 23.4 Å². The largest absolute Gasteiger partial charge is 0.486 e. The van der Waals surface area contributed by atoms with Gasteiger partial charge < -0.3 is 10.1 Å². The molecule has 3 rings (SSSR count). The molecule has 1 heterocycles. The molecular formula is C25H30N4O2S.